The second-order valence-corrected chi connectivity index (χ2v) is 12.5. The van der Waals surface area contributed by atoms with E-state index in [4.69, 9.17) is 0 Å². The van der Waals surface area contributed by atoms with Crippen molar-refractivity contribution < 1.29 is 23.1 Å². The van der Waals surface area contributed by atoms with Crippen molar-refractivity contribution in [2.75, 3.05) is 31.1 Å². The molecule has 0 spiro atoms. The number of anilines is 1. The van der Waals surface area contributed by atoms with Gasteiger partial charge in [0.25, 0.3) is 5.56 Å². The number of fused-ring (bicyclic) bond motifs is 1. The van der Waals surface area contributed by atoms with Gasteiger partial charge in [0.1, 0.15) is 11.9 Å². The molecule has 0 saturated carbocycles. The van der Waals surface area contributed by atoms with Crippen molar-refractivity contribution in [3.05, 3.63) is 110 Å². The summed E-state index contributed by atoms with van der Waals surface area (Å²) >= 11 is -2.47. The Kier molecular flexibility index (Phi) is 10.4. The van der Waals surface area contributed by atoms with Crippen molar-refractivity contribution in [2.45, 2.75) is 32.9 Å². The van der Waals surface area contributed by atoms with Gasteiger partial charge < -0.3 is 10.0 Å². The van der Waals surface area contributed by atoms with Crippen molar-refractivity contribution in [3.63, 3.8) is 0 Å². The molecule has 3 aromatic carbocycles. The molecule has 0 bridgehead atoms. The highest BCUT2D eigenvalue weighted by molar-refractivity contribution is 7.76. The summed E-state index contributed by atoms with van der Waals surface area (Å²) in [6, 6.07) is 17.7. The lowest BCUT2D eigenvalue weighted by molar-refractivity contribution is -0.148. The van der Waals surface area contributed by atoms with E-state index >= 15 is 0 Å². The van der Waals surface area contributed by atoms with Crippen LogP contribution in [0.25, 0.3) is 10.9 Å². The largest absolute Gasteiger partial charge is 0.480 e. The average molecular weight is 662 g/mol. The summed E-state index contributed by atoms with van der Waals surface area (Å²) in [5, 5.41) is 11.7. The summed E-state index contributed by atoms with van der Waals surface area (Å²) in [7, 11) is 1.62. The van der Waals surface area contributed by atoms with Crippen LogP contribution in [0.3, 0.4) is 0 Å². The van der Waals surface area contributed by atoms with E-state index in [1.54, 1.807) is 56.2 Å². The van der Waals surface area contributed by atoms with Crippen LogP contribution in [-0.4, -0.2) is 70.6 Å². The zero-order chi connectivity index (χ0) is 33.8. The molecule has 1 aliphatic heterocycles. The Morgan fingerprint density at radius 3 is 2.17 bits per heavy atom. The van der Waals surface area contributed by atoms with Crippen LogP contribution in [0.2, 0.25) is 0 Å². The Balaban J connectivity index is 1.28. The number of rotatable bonds is 9. The summed E-state index contributed by atoms with van der Waals surface area (Å²) < 4.78 is 38.9. The molecule has 2 atom stereocenters. The molecular formula is C34H36FN5O6S. The van der Waals surface area contributed by atoms with E-state index in [-0.39, 0.29) is 18.3 Å². The van der Waals surface area contributed by atoms with Crippen LogP contribution in [0, 0.1) is 23.6 Å². The molecular weight excluding hydrogens is 625 g/mol. The van der Waals surface area contributed by atoms with E-state index in [0.29, 0.717) is 49.1 Å². The predicted octanol–water partition coefficient (Wildman–Crippen LogP) is 3.07. The van der Waals surface area contributed by atoms with Crippen molar-refractivity contribution >= 4 is 33.8 Å². The van der Waals surface area contributed by atoms with Gasteiger partial charge in [0.15, 0.2) is 0 Å². The lowest BCUT2D eigenvalue weighted by Crippen LogP contribution is -2.60. The SMILES string of the molecule is CC(C)C(C(=O)O)N(N1CCN(c2ccc(C#Cc3ccc4c(c3)c(=O)n(CCc3ccc(F)cc3)c(=O)n4C)cc2)CC1)S(=O)O. The molecule has 1 aliphatic rings. The third kappa shape index (κ3) is 7.52. The highest BCUT2D eigenvalue weighted by Gasteiger charge is 2.38. The van der Waals surface area contributed by atoms with Crippen LogP contribution in [0.1, 0.15) is 30.5 Å². The summed E-state index contributed by atoms with van der Waals surface area (Å²) in [6.07, 6.45) is 0.400. The first-order chi connectivity index (χ1) is 22.4. The van der Waals surface area contributed by atoms with Gasteiger partial charge in [-0.25, -0.2) is 18.4 Å². The maximum Gasteiger partial charge on any atom is 0.331 e. The molecule has 47 heavy (non-hydrogen) atoms. The van der Waals surface area contributed by atoms with E-state index in [9.17, 15) is 32.6 Å². The molecule has 1 aromatic heterocycles. The third-order valence-corrected chi connectivity index (χ3v) is 9.07. The maximum atomic E-state index is 13.4. The van der Waals surface area contributed by atoms with Crippen molar-refractivity contribution in [1.82, 2.24) is 18.6 Å². The smallest absolute Gasteiger partial charge is 0.331 e. The number of nitrogens with zero attached hydrogens (tertiary/aromatic N) is 5. The number of aryl methyl sites for hydroxylation is 2. The number of carboxylic acids is 1. The fourth-order valence-corrected chi connectivity index (χ4v) is 6.63. The standard InChI is InChI=1S/C34H36FN5O6S/c1-23(2)31(33(42)43)40(47(45)46)38-20-18-37(19-21-38)28-13-8-24(9-14-28)4-5-26-10-15-30-29(22-26)32(41)39(34(44)36(30)3)17-16-25-6-11-27(35)12-7-25/h6-15,22-23,31H,16-21H2,1-3H3,(H,42,43)(H,45,46). The number of hydrogen-bond acceptors (Lipinski definition) is 6. The number of benzene rings is 3. The Bertz CT molecular complexity index is 1970. The third-order valence-electron chi connectivity index (χ3n) is 8.29. The predicted molar refractivity (Wildman–Crippen MR) is 179 cm³/mol. The Morgan fingerprint density at radius 1 is 0.957 bits per heavy atom. The van der Waals surface area contributed by atoms with Crippen molar-refractivity contribution in [3.8, 4) is 11.8 Å². The van der Waals surface area contributed by atoms with Gasteiger partial charge in [-0.2, -0.15) is 0 Å². The molecule has 0 amide bonds. The Labute approximate surface area is 273 Å². The van der Waals surface area contributed by atoms with E-state index in [2.05, 4.69) is 16.7 Å². The number of carbonyl (C=O) groups is 1. The second-order valence-electron chi connectivity index (χ2n) is 11.7. The summed E-state index contributed by atoms with van der Waals surface area (Å²) in [5.74, 6) is 4.37. The number of halogens is 1. The molecule has 2 heterocycles. The second kappa shape index (κ2) is 14.4. The Morgan fingerprint density at radius 2 is 1.57 bits per heavy atom. The quantitative estimate of drug-likeness (QED) is 0.207. The number of hydrazine groups is 1. The van der Waals surface area contributed by atoms with Crippen LogP contribution < -0.4 is 16.1 Å². The van der Waals surface area contributed by atoms with Crippen LogP contribution >= 0.6 is 0 Å². The average Bonchev–Trinajstić information content (AvgIpc) is 3.05. The molecule has 13 heteroatoms. The van der Waals surface area contributed by atoms with Crippen molar-refractivity contribution in [1.29, 1.82) is 0 Å². The summed E-state index contributed by atoms with van der Waals surface area (Å²) in [5.41, 5.74) is 2.80. The molecule has 1 saturated heterocycles. The van der Waals surface area contributed by atoms with Crippen LogP contribution in [0.15, 0.2) is 76.3 Å². The van der Waals surface area contributed by atoms with E-state index in [1.807, 2.05) is 24.3 Å². The summed E-state index contributed by atoms with van der Waals surface area (Å²) in [4.78, 5) is 40.2. The minimum absolute atomic E-state index is 0.157. The number of aromatic nitrogens is 2. The molecule has 5 rings (SSSR count). The lowest BCUT2D eigenvalue weighted by atomic mass is 10.1. The van der Waals surface area contributed by atoms with Gasteiger partial charge in [-0.15, -0.1) is 4.41 Å². The fraction of sp³-hybridized carbons (Fsp3) is 0.324. The van der Waals surface area contributed by atoms with Crippen LogP contribution in [0.4, 0.5) is 10.1 Å². The van der Waals surface area contributed by atoms with Gasteiger partial charge in [0, 0.05) is 56.6 Å². The van der Waals surface area contributed by atoms with Gasteiger partial charge in [0.05, 0.1) is 10.9 Å². The van der Waals surface area contributed by atoms with Crippen LogP contribution in [-0.2, 0) is 36.1 Å². The normalized spacial score (nSPS) is 15.1. The zero-order valence-electron chi connectivity index (χ0n) is 26.3. The molecule has 11 nitrogen and oxygen atoms in total. The Hall–Kier alpha value is -4.61. The van der Waals surface area contributed by atoms with Crippen molar-refractivity contribution in [2.24, 2.45) is 13.0 Å². The molecule has 2 N–H and O–H groups in total. The topological polar surface area (TPSA) is 128 Å². The van der Waals surface area contributed by atoms with E-state index in [1.165, 1.54) is 21.3 Å². The van der Waals surface area contributed by atoms with E-state index in [0.717, 1.165) is 21.2 Å². The van der Waals surface area contributed by atoms with Gasteiger partial charge in [-0.1, -0.05) is 37.8 Å². The van der Waals surface area contributed by atoms with E-state index < -0.39 is 34.5 Å². The number of carboxylic acid groups (broad SMARTS) is 1. The molecule has 4 aromatic rings. The molecule has 1 fully saturated rings. The zero-order valence-corrected chi connectivity index (χ0v) is 27.1. The monoisotopic (exact) mass is 661 g/mol. The summed E-state index contributed by atoms with van der Waals surface area (Å²) in [6.45, 7) is 5.40. The number of aliphatic carboxylic acids is 1. The van der Waals surface area contributed by atoms with Gasteiger partial charge >= 0.3 is 11.7 Å². The molecule has 246 valence electrons. The van der Waals surface area contributed by atoms with Gasteiger partial charge in [-0.05, 0) is 72.5 Å². The number of hydrogen-bond donors (Lipinski definition) is 2. The first-order valence-corrected chi connectivity index (χ1v) is 16.2. The molecule has 0 aliphatic carbocycles. The minimum atomic E-state index is -2.47. The first-order valence-electron chi connectivity index (χ1n) is 15.2. The lowest BCUT2D eigenvalue weighted by Gasteiger charge is -2.42. The molecule has 2 unspecified atom stereocenters. The maximum absolute atomic E-state index is 13.4. The minimum Gasteiger partial charge on any atom is -0.480 e. The highest BCUT2D eigenvalue weighted by Crippen LogP contribution is 2.22. The first kappa shape index (κ1) is 33.7. The number of piperazine rings is 1. The van der Waals surface area contributed by atoms with Gasteiger partial charge in [0.2, 0.25) is 11.3 Å². The van der Waals surface area contributed by atoms with Gasteiger partial charge in [-0.3, -0.25) is 23.3 Å². The van der Waals surface area contributed by atoms with Crippen LogP contribution in [0.5, 0.6) is 0 Å². The fourth-order valence-electron chi connectivity index (χ4n) is 5.74. The molecule has 0 radical (unpaired) electrons. The highest BCUT2D eigenvalue weighted by atomic mass is 32.2.